The van der Waals surface area contributed by atoms with Crippen LogP contribution in [0, 0.1) is 5.92 Å². The third kappa shape index (κ3) is 3.73. The Morgan fingerprint density at radius 3 is 2.95 bits per heavy atom. The van der Waals surface area contributed by atoms with E-state index in [-0.39, 0.29) is 5.84 Å². The van der Waals surface area contributed by atoms with E-state index in [1.165, 1.54) is 32.1 Å². The highest BCUT2D eigenvalue weighted by Gasteiger charge is 2.24. The lowest BCUT2D eigenvalue weighted by Crippen LogP contribution is -2.27. The van der Waals surface area contributed by atoms with E-state index in [2.05, 4.69) is 12.1 Å². The van der Waals surface area contributed by atoms with Gasteiger partial charge in [0.2, 0.25) is 0 Å². The summed E-state index contributed by atoms with van der Waals surface area (Å²) in [7, 11) is 0. The number of nitrogens with two attached hydrogens (primary N) is 1. The molecule has 0 bridgehead atoms. The molecule has 1 aromatic carbocycles. The molecule has 0 aromatic heterocycles. The molecule has 2 atom stereocenters. The zero-order chi connectivity index (χ0) is 14.4. The number of oxime groups is 1. The Balaban J connectivity index is 1.96. The second-order valence-electron chi connectivity index (χ2n) is 5.49. The van der Waals surface area contributed by atoms with Gasteiger partial charge in [0, 0.05) is 5.56 Å². The topological polar surface area (TPSA) is 67.8 Å². The number of ether oxygens (including phenoxy) is 1. The summed E-state index contributed by atoms with van der Waals surface area (Å²) in [6, 6.07) is 7.66. The van der Waals surface area contributed by atoms with Crippen molar-refractivity contribution in [3.05, 3.63) is 35.4 Å². The van der Waals surface area contributed by atoms with Crippen molar-refractivity contribution in [2.24, 2.45) is 16.8 Å². The molecule has 4 heteroatoms. The highest BCUT2D eigenvalue weighted by atomic mass is 16.5. The Labute approximate surface area is 120 Å². The molecule has 1 saturated carbocycles. The van der Waals surface area contributed by atoms with Crippen LogP contribution in [0.25, 0.3) is 0 Å². The van der Waals surface area contributed by atoms with Crippen molar-refractivity contribution >= 4 is 5.84 Å². The molecule has 1 aliphatic carbocycles. The molecule has 4 nitrogen and oxygen atoms in total. The van der Waals surface area contributed by atoms with Gasteiger partial charge in [0.15, 0.2) is 5.84 Å². The monoisotopic (exact) mass is 276 g/mol. The molecule has 1 aliphatic rings. The first-order chi connectivity index (χ1) is 9.74. The molecule has 20 heavy (non-hydrogen) atoms. The standard InChI is InChI=1S/C16H24N2O2/c1-2-13-7-3-4-9-15(13)20-11-12-6-5-8-14(10-12)16(17)18-19/h5-6,8,10,13,15,19H,2-4,7,9,11H2,1H3,(H2,17,18). The van der Waals surface area contributed by atoms with Crippen LogP contribution in [0.3, 0.4) is 0 Å². The molecule has 0 amide bonds. The van der Waals surface area contributed by atoms with E-state index in [1.54, 1.807) is 0 Å². The summed E-state index contributed by atoms with van der Waals surface area (Å²) >= 11 is 0. The lowest BCUT2D eigenvalue weighted by molar-refractivity contribution is -0.0221. The Morgan fingerprint density at radius 1 is 1.40 bits per heavy atom. The number of hydrogen-bond acceptors (Lipinski definition) is 3. The number of nitrogens with zero attached hydrogens (tertiary/aromatic N) is 1. The normalized spacial score (nSPS) is 23.8. The number of benzene rings is 1. The van der Waals surface area contributed by atoms with Gasteiger partial charge in [-0.1, -0.05) is 49.5 Å². The first-order valence-corrected chi connectivity index (χ1v) is 7.43. The van der Waals surface area contributed by atoms with Gasteiger partial charge >= 0.3 is 0 Å². The van der Waals surface area contributed by atoms with Gasteiger partial charge in [-0.2, -0.15) is 0 Å². The van der Waals surface area contributed by atoms with Crippen LogP contribution in [0.5, 0.6) is 0 Å². The predicted octanol–water partition coefficient (Wildman–Crippen LogP) is 3.27. The van der Waals surface area contributed by atoms with Crippen molar-refractivity contribution in [2.45, 2.75) is 51.7 Å². The van der Waals surface area contributed by atoms with Gasteiger partial charge < -0.3 is 15.7 Å². The van der Waals surface area contributed by atoms with Gasteiger partial charge in [-0.15, -0.1) is 0 Å². The van der Waals surface area contributed by atoms with Crippen molar-refractivity contribution in [3.63, 3.8) is 0 Å². The van der Waals surface area contributed by atoms with Crippen LogP contribution in [0.4, 0.5) is 0 Å². The maximum atomic E-state index is 8.71. The summed E-state index contributed by atoms with van der Waals surface area (Å²) in [5, 5.41) is 11.7. The van der Waals surface area contributed by atoms with Crippen LogP contribution in [0.15, 0.2) is 29.4 Å². The predicted molar refractivity (Wildman–Crippen MR) is 79.8 cm³/mol. The lowest BCUT2D eigenvalue weighted by Gasteiger charge is -2.30. The summed E-state index contributed by atoms with van der Waals surface area (Å²) in [6.07, 6.45) is 6.61. The highest BCUT2D eigenvalue weighted by Crippen LogP contribution is 2.29. The third-order valence-corrected chi connectivity index (χ3v) is 4.16. The first kappa shape index (κ1) is 14.9. The summed E-state index contributed by atoms with van der Waals surface area (Å²) in [6.45, 7) is 2.83. The van der Waals surface area contributed by atoms with Gasteiger partial charge in [0.25, 0.3) is 0 Å². The zero-order valence-corrected chi connectivity index (χ0v) is 12.1. The minimum Gasteiger partial charge on any atom is -0.409 e. The Hall–Kier alpha value is -1.55. The van der Waals surface area contributed by atoms with Crippen LogP contribution in [0.2, 0.25) is 0 Å². The quantitative estimate of drug-likeness (QED) is 0.375. The van der Waals surface area contributed by atoms with Crippen molar-refractivity contribution in [3.8, 4) is 0 Å². The summed E-state index contributed by atoms with van der Waals surface area (Å²) in [5.74, 6) is 0.826. The van der Waals surface area contributed by atoms with Gasteiger partial charge in [0.05, 0.1) is 12.7 Å². The smallest absolute Gasteiger partial charge is 0.170 e. The van der Waals surface area contributed by atoms with Crippen molar-refractivity contribution in [1.82, 2.24) is 0 Å². The zero-order valence-electron chi connectivity index (χ0n) is 12.1. The molecule has 0 spiro atoms. The highest BCUT2D eigenvalue weighted by molar-refractivity contribution is 5.97. The van der Waals surface area contributed by atoms with E-state index in [0.717, 1.165) is 11.1 Å². The fourth-order valence-electron chi connectivity index (χ4n) is 2.94. The molecule has 2 unspecified atom stereocenters. The minimum absolute atomic E-state index is 0.135. The van der Waals surface area contributed by atoms with E-state index in [9.17, 15) is 0 Å². The van der Waals surface area contributed by atoms with E-state index >= 15 is 0 Å². The summed E-state index contributed by atoms with van der Waals surface area (Å²) in [5.41, 5.74) is 7.40. The van der Waals surface area contributed by atoms with Gasteiger partial charge in [-0.05, 0) is 30.4 Å². The summed E-state index contributed by atoms with van der Waals surface area (Å²) < 4.78 is 6.10. The van der Waals surface area contributed by atoms with Crippen molar-refractivity contribution in [1.29, 1.82) is 0 Å². The van der Waals surface area contributed by atoms with E-state index < -0.39 is 0 Å². The van der Waals surface area contributed by atoms with Crippen molar-refractivity contribution < 1.29 is 9.94 Å². The molecule has 1 fully saturated rings. The average molecular weight is 276 g/mol. The van der Waals surface area contributed by atoms with Crippen LogP contribution in [-0.4, -0.2) is 17.1 Å². The van der Waals surface area contributed by atoms with Crippen LogP contribution < -0.4 is 5.73 Å². The second kappa shape index (κ2) is 7.29. The molecule has 3 N–H and O–H groups in total. The van der Waals surface area contributed by atoms with Gasteiger partial charge in [-0.3, -0.25) is 0 Å². The SMILES string of the molecule is CCC1CCCCC1OCc1cccc(/C(N)=N/O)c1. The lowest BCUT2D eigenvalue weighted by atomic mass is 9.85. The van der Waals surface area contributed by atoms with E-state index in [4.69, 9.17) is 15.7 Å². The van der Waals surface area contributed by atoms with E-state index in [0.29, 0.717) is 18.6 Å². The Kier molecular flexibility index (Phi) is 5.41. The summed E-state index contributed by atoms with van der Waals surface area (Å²) in [4.78, 5) is 0. The fraction of sp³-hybridized carbons (Fsp3) is 0.562. The van der Waals surface area contributed by atoms with Crippen molar-refractivity contribution in [2.75, 3.05) is 0 Å². The van der Waals surface area contributed by atoms with Gasteiger partial charge in [0.1, 0.15) is 0 Å². The van der Waals surface area contributed by atoms with Gasteiger partial charge in [-0.25, -0.2) is 0 Å². The van der Waals surface area contributed by atoms with E-state index in [1.807, 2.05) is 24.3 Å². The minimum atomic E-state index is 0.135. The Morgan fingerprint density at radius 2 is 2.20 bits per heavy atom. The fourth-order valence-corrected chi connectivity index (χ4v) is 2.94. The molecule has 2 rings (SSSR count). The molecule has 0 saturated heterocycles. The maximum Gasteiger partial charge on any atom is 0.170 e. The largest absolute Gasteiger partial charge is 0.409 e. The molecule has 0 aliphatic heterocycles. The molecule has 0 radical (unpaired) electrons. The maximum absolute atomic E-state index is 8.71. The number of amidine groups is 1. The van der Waals surface area contributed by atoms with Crippen LogP contribution in [0.1, 0.15) is 50.2 Å². The third-order valence-electron chi connectivity index (χ3n) is 4.16. The molecule has 1 aromatic rings. The second-order valence-corrected chi connectivity index (χ2v) is 5.49. The van der Waals surface area contributed by atoms with Crippen LogP contribution >= 0.6 is 0 Å². The molecular formula is C16H24N2O2. The number of rotatable bonds is 5. The first-order valence-electron chi connectivity index (χ1n) is 7.43. The Bertz CT molecular complexity index is 460. The molecule has 0 heterocycles. The molecular weight excluding hydrogens is 252 g/mol. The average Bonchev–Trinajstić information content (AvgIpc) is 2.52. The number of hydrogen-bond donors (Lipinski definition) is 2. The molecule has 110 valence electrons. The van der Waals surface area contributed by atoms with Crippen LogP contribution in [-0.2, 0) is 11.3 Å².